The highest BCUT2D eigenvalue weighted by atomic mass is 16.4. The fourth-order valence-electron chi connectivity index (χ4n) is 5.08. The van der Waals surface area contributed by atoms with Gasteiger partial charge in [0.1, 0.15) is 6.04 Å². The molecule has 14 nitrogen and oxygen atoms in total. The molecule has 4 amide bonds. The number of amides is 4. The third-order valence-corrected chi connectivity index (χ3v) is 8.28. The quantitative estimate of drug-likeness (QED) is 0.0580. The summed E-state index contributed by atoms with van der Waals surface area (Å²) in [6.07, 6.45) is 14.0. The predicted octanol–water partition coefficient (Wildman–Crippen LogP) is 3.30. The van der Waals surface area contributed by atoms with Crippen molar-refractivity contribution < 1.29 is 43.8 Å². The van der Waals surface area contributed by atoms with E-state index in [1.807, 2.05) is 0 Å². The van der Waals surface area contributed by atoms with Crippen LogP contribution in [0, 0.1) is 5.92 Å². The van der Waals surface area contributed by atoms with Gasteiger partial charge in [0, 0.05) is 38.8 Å². The molecule has 0 aliphatic heterocycles. The topological polar surface area (TPSA) is 225 Å². The van der Waals surface area contributed by atoms with Crippen molar-refractivity contribution in [1.82, 2.24) is 20.9 Å². The lowest BCUT2D eigenvalue weighted by molar-refractivity contribution is -0.142. The molecule has 14 heteroatoms. The minimum atomic E-state index is -1.23. The van der Waals surface area contributed by atoms with Crippen LogP contribution in [-0.4, -0.2) is 95.2 Å². The molecule has 0 saturated carbocycles. The van der Waals surface area contributed by atoms with Crippen LogP contribution in [0.5, 0.6) is 0 Å². The second-order valence-electron chi connectivity index (χ2n) is 13.2. The fourth-order valence-corrected chi connectivity index (χ4v) is 5.08. The first-order valence-electron chi connectivity index (χ1n) is 18.0. The van der Waals surface area contributed by atoms with Crippen LogP contribution in [0.25, 0.3) is 0 Å². The summed E-state index contributed by atoms with van der Waals surface area (Å²) in [5.41, 5.74) is 5.95. The molecule has 0 rings (SSSR count). The Labute approximate surface area is 292 Å². The molecule has 0 saturated heterocycles. The standard InChI is InChI=1S/C35H63N5O9/c1-26(2)29(41)25-40(3)34(47)27(36)18-16-17-23-37-32(44)24-38-30(42)22-21-28(35(48)49)39-31(43)19-14-12-10-8-6-4-5-7-9-11-13-15-20-33(45)46/h26-28H,4-25,36H2,1-3H3,(H,37,44)(H,38,42)(H,39,43)(H,45,46)(H,48,49)/t27-,28-/m0/s1. The van der Waals surface area contributed by atoms with E-state index in [0.29, 0.717) is 32.2 Å². The molecule has 0 unspecified atom stereocenters. The molecular formula is C35H63N5O9. The lowest BCUT2D eigenvalue weighted by atomic mass is 10.0. The SMILES string of the molecule is CC(C)C(=O)CN(C)C(=O)[C@@H](N)CCCCNC(=O)CNC(=O)CC[C@H](NC(=O)CCCCCCCCCCCCCCC(=O)O)C(=O)O. The Morgan fingerprint density at radius 2 is 1.16 bits per heavy atom. The van der Waals surface area contributed by atoms with Crippen molar-refractivity contribution in [3.63, 3.8) is 0 Å². The molecule has 0 aliphatic carbocycles. The van der Waals surface area contributed by atoms with Crippen molar-refractivity contribution in [2.24, 2.45) is 11.7 Å². The molecule has 282 valence electrons. The molecule has 2 atom stereocenters. The highest BCUT2D eigenvalue weighted by molar-refractivity contribution is 5.89. The summed E-state index contributed by atoms with van der Waals surface area (Å²) in [4.78, 5) is 84.1. The van der Waals surface area contributed by atoms with Crippen LogP contribution in [0.2, 0.25) is 0 Å². The van der Waals surface area contributed by atoms with Gasteiger partial charge in [-0.25, -0.2) is 4.79 Å². The van der Waals surface area contributed by atoms with Crippen LogP contribution in [0.1, 0.15) is 136 Å². The highest BCUT2D eigenvalue weighted by Crippen LogP contribution is 2.13. The zero-order chi connectivity index (χ0) is 37.0. The first kappa shape index (κ1) is 45.5. The maximum absolute atomic E-state index is 12.3. The van der Waals surface area contributed by atoms with Crippen LogP contribution >= 0.6 is 0 Å². The van der Waals surface area contributed by atoms with Crippen molar-refractivity contribution in [2.45, 2.75) is 148 Å². The molecule has 0 bridgehead atoms. The van der Waals surface area contributed by atoms with E-state index in [4.69, 9.17) is 10.8 Å². The number of carbonyl (C=O) groups is 7. The molecular weight excluding hydrogens is 634 g/mol. The smallest absolute Gasteiger partial charge is 0.326 e. The summed E-state index contributed by atoms with van der Waals surface area (Å²) in [6.45, 7) is 3.61. The van der Waals surface area contributed by atoms with E-state index in [2.05, 4.69) is 16.0 Å². The van der Waals surface area contributed by atoms with Gasteiger partial charge in [0.25, 0.3) is 0 Å². The van der Waals surface area contributed by atoms with Crippen LogP contribution in [0.15, 0.2) is 0 Å². The van der Waals surface area contributed by atoms with Gasteiger partial charge in [-0.1, -0.05) is 78.1 Å². The van der Waals surface area contributed by atoms with Gasteiger partial charge in [-0.05, 0) is 38.5 Å². The summed E-state index contributed by atoms with van der Waals surface area (Å²) >= 11 is 0. The van der Waals surface area contributed by atoms with Crippen molar-refractivity contribution in [2.75, 3.05) is 26.7 Å². The zero-order valence-electron chi connectivity index (χ0n) is 30.1. The second-order valence-corrected chi connectivity index (χ2v) is 13.2. The van der Waals surface area contributed by atoms with E-state index in [1.165, 1.54) is 17.7 Å². The molecule has 0 heterocycles. The lowest BCUT2D eigenvalue weighted by Gasteiger charge is -2.21. The van der Waals surface area contributed by atoms with Gasteiger partial charge in [-0.15, -0.1) is 0 Å². The number of carbonyl (C=O) groups excluding carboxylic acids is 5. The van der Waals surface area contributed by atoms with Gasteiger partial charge in [0.15, 0.2) is 5.78 Å². The zero-order valence-corrected chi connectivity index (χ0v) is 30.1. The number of ketones is 1. The number of carboxylic acid groups (broad SMARTS) is 2. The third-order valence-electron chi connectivity index (χ3n) is 8.28. The van der Waals surface area contributed by atoms with Gasteiger partial charge in [-0.2, -0.15) is 0 Å². The molecule has 0 aromatic rings. The molecule has 49 heavy (non-hydrogen) atoms. The first-order valence-corrected chi connectivity index (χ1v) is 18.0. The van der Waals surface area contributed by atoms with E-state index < -0.39 is 35.8 Å². The molecule has 0 aromatic heterocycles. The minimum Gasteiger partial charge on any atom is -0.481 e. The number of carboxylic acids is 2. The Morgan fingerprint density at radius 3 is 1.67 bits per heavy atom. The summed E-state index contributed by atoms with van der Waals surface area (Å²) < 4.78 is 0. The third kappa shape index (κ3) is 26.1. The van der Waals surface area contributed by atoms with Crippen molar-refractivity contribution >= 4 is 41.4 Å². The molecule has 0 aromatic carbocycles. The fraction of sp³-hybridized carbons (Fsp3) is 0.800. The molecule has 0 spiro atoms. The van der Waals surface area contributed by atoms with Crippen LogP contribution in [-0.2, 0) is 33.6 Å². The largest absolute Gasteiger partial charge is 0.481 e. The monoisotopic (exact) mass is 697 g/mol. The number of nitrogens with one attached hydrogen (secondary N) is 3. The second kappa shape index (κ2) is 28.3. The van der Waals surface area contributed by atoms with E-state index in [1.54, 1.807) is 20.9 Å². The minimum absolute atomic E-state index is 0.0166. The first-order chi connectivity index (χ1) is 23.2. The number of likely N-dealkylation sites (N-methyl/N-ethyl adjacent to an activating group) is 1. The Kier molecular flexibility index (Phi) is 26.3. The maximum atomic E-state index is 12.3. The number of nitrogens with zero attached hydrogens (tertiary/aromatic N) is 1. The Morgan fingerprint density at radius 1 is 0.633 bits per heavy atom. The number of Topliss-reactive ketones (excluding diaryl/α,β-unsaturated/α-hetero) is 1. The van der Waals surface area contributed by atoms with E-state index in [9.17, 15) is 38.7 Å². The van der Waals surface area contributed by atoms with Gasteiger partial charge >= 0.3 is 11.9 Å². The lowest BCUT2D eigenvalue weighted by Crippen LogP contribution is -2.44. The normalized spacial score (nSPS) is 12.2. The van der Waals surface area contributed by atoms with Gasteiger partial charge in [0.05, 0.1) is 19.1 Å². The van der Waals surface area contributed by atoms with Gasteiger partial charge in [-0.3, -0.25) is 28.8 Å². The highest BCUT2D eigenvalue weighted by Gasteiger charge is 2.22. The molecule has 0 aliphatic rings. The van der Waals surface area contributed by atoms with Gasteiger partial charge < -0.3 is 36.8 Å². The van der Waals surface area contributed by atoms with E-state index in [0.717, 1.165) is 57.8 Å². The van der Waals surface area contributed by atoms with Gasteiger partial charge in [0.2, 0.25) is 23.6 Å². The summed E-state index contributed by atoms with van der Waals surface area (Å²) in [6, 6.07) is -1.93. The number of rotatable bonds is 31. The summed E-state index contributed by atoms with van der Waals surface area (Å²) in [5, 5.41) is 25.7. The predicted molar refractivity (Wildman–Crippen MR) is 186 cm³/mol. The summed E-state index contributed by atoms with van der Waals surface area (Å²) in [5.74, 6) is -3.76. The van der Waals surface area contributed by atoms with Crippen LogP contribution in [0.4, 0.5) is 0 Å². The Bertz CT molecular complexity index is 1020. The molecule has 7 N–H and O–H groups in total. The van der Waals surface area contributed by atoms with Crippen LogP contribution < -0.4 is 21.7 Å². The molecule has 0 radical (unpaired) electrons. The van der Waals surface area contributed by atoms with Crippen molar-refractivity contribution in [1.29, 1.82) is 0 Å². The molecule has 0 fully saturated rings. The number of hydrogen-bond acceptors (Lipinski definition) is 8. The number of unbranched alkanes of at least 4 members (excludes halogenated alkanes) is 12. The van der Waals surface area contributed by atoms with E-state index in [-0.39, 0.29) is 62.3 Å². The number of nitrogens with two attached hydrogens (primary N) is 1. The maximum Gasteiger partial charge on any atom is 0.326 e. The van der Waals surface area contributed by atoms with Crippen molar-refractivity contribution in [3.05, 3.63) is 0 Å². The van der Waals surface area contributed by atoms with Crippen molar-refractivity contribution in [3.8, 4) is 0 Å². The Hall–Kier alpha value is -3.55. The average molecular weight is 698 g/mol. The van der Waals surface area contributed by atoms with E-state index >= 15 is 0 Å². The summed E-state index contributed by atoms with van der Waals surface area (Å²) in [7, 11) is 1.54. The number of hydrogen-bond donors (Lipinski definition) is 6. The van der Waals surface area contributed by atoms with Crippen LogP contribution in [0.3, 0.4) is 0 Å². The average Bonchev–Trinajstić information content (AvgIpc) is 3.04. The Balaban J connectivity index is 3.96. The number of aliphatic carboxylic acids is 2.